The third kappa shape index (κ3) is 5.13. The highest BCUT2D eigenvalue weighted by Gasteiger charge is 2.10. The molecule has 29 heavy (non-hydrogen) atoms. The number of nitrogens with one attached hydrogen (secondary N) is 1. The lowest BCUT2D eigenvalue weighted by Crippen LogP contribution is -2.23. The number of nitrogens with zero attached hydrogens (tertiary/aromatic N) is 5. The van der Waals surface area contributed by atoms with E-state index in [1.54, 1.807) is 24.9 Å². The first kappa shape index (κ1) is 18.5. The van der Waals surface area contributed by atoms with E-state index in [1.807, 2.05) is 35.0 Å². The fourth-order valence-electron chi connectivity index (χ4n) is 2.84. The fraction of sp³-hybridized carbons (Fsp3) is 0.190. The van der Waals surface area contributed by atoms with Gasteiger partial charge in [0.2, 0.25) is 17.6 Å². The average molecular weight is 388 g/mol. The van der Waals surface area contributed by atoms with Gasteiger partial charge in [0, 0.05) is 56.3 Å². The zero-order chi connectivity index (χ0) is 19.9. The first-order chi connectivity index (χ1) is 14.3. The predicted octanol–water partition coefficient (Wildman–Crippen LogP) is 2.63. The maximum absolute atomic E-state index is 12.1. The molecular formula is C21H20N6O2. The van der Waals surface area contributed by atoms with Crippen LogP contribution in [0, 0.1) is 0 Å². The fourth-order valence-corrected chi connectivity index (χ4v) is 2.84. The number of amides is 1. The van der Waals surface area contributed by atoms with E-state index in [-0.39, 0.29) is 12.3 Å². The van der Waals surface area contributed by atoms with Crippen LogP contribution in [0.25, 0.3) is 11.4 Å². The maximum atomic E-state index is 12.1. The number of carbonyl (C=O) groups excluding carboxylic acids is 1. The van der Waals surface area contributed by atoms with Crippen molar-refractivity contribution >= 4 is 5.91 Å². The molecule has 0 fully saturated rings. The summed E-state index contributed by atoms with van der Waals surface area (Å²) in [6.45, 7) is 1.26. The maximum Gasteiger partial charge on any atom is 0.227 e. The van der Waals surface area contributed by atoms with Crippen LogP contribution in [0.5, 0.6) is 0 Å². The number of hydrogen-bond acceptors (Lipinski definition) is 6. The molecule has 4 aromatic rings. The lowest BCUT2D eigenvalue weighted by molar-refractivity contribution is -0.121. The van der Waals surface area contributed by atoms with E-state index in [1.165, 1.54) is 5.56 Å². The molecule has 0 aliphatic heterocycles. The molecule has 1 amide bonds. The van der Waals surface area contributed by atoms with Crippen LogP contribution in [0.2, 0.25) is 0 Å². The summed E-state index contributed by atoms with van der Waals surface area (Å²) >= 11 is 0. The third-order valence-corrected chi connectivity index (χ3v) is 4.41. The van der Waals surface area contributed by atoms with Crippen molar-refractivity contribution in [2.75, 3.05) is 0 Å². The second-order valence-electron chi connectivity index (χ2n) is 6.58. The van der Waals surface area contributed by atoms with Crippen LogP contribution >= 0.6 is 0 Å². The number of aryl methyl sites for hydroxylation is 1. The van der Waals surface area contributed by atoms with Gasteiger partial charge in [-0.3, -0.25) is 9.78 Å². The van der Waals surface area contributed by atoms with Gasteiger partial charge in [0.05, 0.1) is 6.33 Å². The molecule has 0 bridgehead atoms. The van der Waals surface area contributed by atoms with Crippen LogP contribution in [0.1, 0.15) is 23.4 Å². The zero-order valence-electron chi connectivity index (χ0n) is 15.7. The molecule has 0 aliphatic carbocycles. The Labute approximate surface area is 167 Å². The van der Waals surface area contributed by atoms with Gasteiger partial charge in [-0.05, 0) is 23.3 Å². The Morgan fingerprint density at radius 3 is 2.55 bits per heavy atom. The highest BCUT2D eigenvalue weighted by Crippen LogP contribution is 2.14. The summed E-state index contributed by atoms with van der Waals surface area (Å²) in [6.07, 6.45) is 9.50. The van der Waals surface area contributed by atoms with Gasteiger partial charge < -0.3 is 14.4 Å². The van der Waals surface area contributed by atoms with Crippen LogP contribution in [0.3, 0.4) is 0 Å². The number of imidazole rings is 1. The van der Waals surface area contributed by atoms with Gasteiger partial charge in [-0.25, -0.2) is 4.98 Å². The van der Waals surface area contributed by atoms with E-state index >= 15 is 0 Å². The number of pyridine rings is 1. The molecule has 3 aromatic heterocycles. The molecule has 146 valence electrons. The van der Waals surface area contributed by atoms with Crippen LogP contribution in [0.15, 0.2) is 72.0 Å². The summed E-state index contributed by atoms with van der Waals surface area (Å²) in [6, 6.07) is 11.8. The van der Waals surface area contributed by atoms with Crippen molar-refractivity contribution in [2.45, 2.75) is 25.9 Å². The minimum absolute atomic E-state index is 0.0591. The standard InChI is InChI=1S/C21H20N6O2/c28-19(5-6-20-25-21(26-29-20)18-7-9-22-10-8-18)24-13-16-1-3-17(4-2-16)14-27-12-11-23-15-27/h1-4,7-12,15H,5-6,13-14H2,(H,24,28). The van der Waals surface area contributed by atoms with E-state index in [4.69, 9.17) is 4.52 Å². The van der Waals surface area contributed by atoms with Gasteiger partial charge in [0.25, 0.3) is 0 Å². The number of hydrogen-bond donors (Lipinski definition) is 1. The van der Waals surface area contributed by atoms with Crippen molar-refractivity contribution in [2.24, 2.45) is 0 Å². The van der Waals surface area contributed by atoms with Crippen LogP contribution < -0.4 is 5.32 Å². The summed E-state index contributed by atoms with van der Waals surface area (Å²) in [7, 11) is 0. The Hall–Kier alpha value is -3.81. The average Bonchev–Trinajstić information content (AvgIpc) is 3.45. The lowest BCUT2D eigenvalue weighted by Gasteiger charge is -2.07. The van der Waals surface area contributed by atoms with E-state index < -0.39 is 0 Å². The topological polar surface area (TPSA) is 98.7 Å². The molecule has 1 aromatic carbocycles. The molecular weight excluding hydrogens is 368 g/mol. The first-order valence-electron chi connectivity index (χ1n) is 9.29. The summed E-state index contributed by atoms with van der Waals surface area (Å²) in [4.78, 5) is 24.4. The van der Waals surface area contributed by atoms with Gasteiger partial charge in [-0.1, -0.05) is 29.4 Å². The SMILES string of the molecule is O=C(CCc1nc(-c2ccncc2)no1)NCc1ccc(Cn2ccnc2)cc1. The zero-order valence-corrected chi connectivity index (χ0v) is 15.7. The van der Waals surface area contributed by atoms with E-state index in [0.29, 0.717) is 24.7 Å². The molecule has 0 aliphatic rings. The quantitative estimate of drug-likeness (QED) is 0.498. The van der Waals surface area contributed by atoms with E-state index in [9.17, 15) is 4.79 Å². The van der Waals surface area contributed by atoms with E-state index in [2.05, 4.69) is 37.6 Å². The smallest absolute Gasteiger partial charge is 0.227 e. The number of benzene rings is 1. The summed E-state index contributed by atoms with van der Waals surface area (Å²) < 4.78 is 7.23. The van der Waals surface area contributed by atoms with Gasteiger partial charge in [0.1, 0.15) is 0 Å². The molecule has 0 unspecified atom stereocenters. The van der Waals surface area contributed by atoms with Crippen LogP contribution in [0.4, 0.5) is 0 Å². The van der Waals surface area contributed by atoms with Crippen LogP contribution in [-0.2, 0) is 24.3 Å². The largest absolute Gasteiger partial charge is 0.352 e. The predicted molar refractivity (Wildman–Crippen MR) is 105 cm³/mol. The summed E-state index contributed by atoms with van der Waals surface area (Å²) in [5.41, 5.74) is 3.06. The van der Waals surface area contributed by atoms with Gasteiger partial charge >= 0.3 is 0 Å². The van der Waals surface area contributed by atoms with Crippen LogP contribution in [-0.4, -0.2) is 30.6 Å². The Balaban J connectivity index is 1.22. The Morgan fingerprint density at radius 1 is 1.00 bits per heavy atom. The summed E-state index contributed by atoms with van der Waals surface area (Å²) in [5.74, 6) is 0.880. The van der Waals surface area contributed by atoms with Gasteiger partial charge in [0.15, 0.2) is 0 Å². The lowest BCUT2D eigenvalue weighted by atomic mass is 10.1. The van der Waals surface area contributed by atoms with Crippen molar-refractivity contribution in [1.82, 2.24) is 30.0 Å². The minimum atomic E-state index is -0.0591. The minimum Gasteiger partial charge on any atom is -0.352 e. The van der Waals surface area contributed by atoms with E-state index in [0.717, 1.165) is 17.7 Å². The summed E-state index contributed by atoms with van der Waals surface area (Å²) in [5, 5.41) is 6.86. The number of rotatable bonds is 8. The van der Waals surface area contributed by atoms with Crippen molar-refractivity contribution < 1.29 is 9.32 Å². The highest BCUT2D eigenvalue weighted by molar-refractivity contribution is 5.76. The Bertz CT molecular complexity index is 1040. The molecule has 0 radical (unpaired) electrons. The van der Waals surface area contributed by atoms with Crippen molar-refractivity contribution in [3.8, 4) is 11.4 Å². The Kier molecular flexibility index (Phi) is 5.70. The van der Waals surface area contributed by atoms with Crippen molar-refractivity contribution in [3.63, 3.8) is 0 Å². The number of carbonyl (C=O) groups is 1. The van der Waals surface area contributed by atoms with Crippen molar-refractivity contribution in [1.29, 1.82) is 0 Å². The first-order valence-corrected chi connectivity index (χ1v) is 9.29. The second-order valence-corrected chi connectivity index (χ2v) is 6.58. The molecule has 0 saturated heterocycles. The molecule has 0 saturated carbocycles. The van der Waals surface area contributed by atoms with Gasteiger partial charge in [-0.15, -0.1) is 0 Å². The normalized spacial score (nSPS) is 10.8. The van der Waals surface area contributed by atoms with Gasteiger partial charge in [-0.2, -0.15) is 4.98 Å². The molecule has 8 heteroatoms. The second kappa shape index (κ2) is 8.92. The highest BCUT2D eigenvalue weighted by atomic mass is 16.5. The molecule has 8 nitrogen and oxygen atoms in total. The molecule has 3 heterocycles. The monoisotopic (exact) mass is 388 g/mol. The molecule has 0 spiro atoms. The van der Waals surface area contributed by atoms with Crippen molar-refractivity contribution in [3.05, 3.63) is 84.5 Å². The third-order valence-electron chi connectivity index (χ3n) is 4.41. The molecule has 1 N–H and O–H groups in total. The molecule has 0 atom stereocenters. The Morgan fingerprint density at radius 2 is 1.79 bits per heavy atom. The number of aromatic nitrogens is 5. The molecule has 4 rings (SSSR count).